The topological polar surface area (TPSA) is 56.7 Å². The van der Waals surface area contributed by atoms with E-state index < -0.39 is 0 Å². The molecule has 84 valence electrons. The Kier molecular flexibility index (Phi) is 2.83. The first-order valence-corrected chi connectivity index (χ1v) is 5.36. The second-order valence-corrected chi connectivity index (χ2v) is 4.14. The second-order valence-electron chi connectivity index (χ2n) is 3.71. The predicted octanol–water partition coefficient (Wildman–Crippen LogP) is 2.18. The Labute approximate surface area is 99.1 Å². The zero-order valence-electron chi connectivity index (χ0n) is 9.24. The molecular formula is C11H13ClN4. The van der Waals surface area contributed by atoms with Crippen molar-refractivity contribution in [2.45, 2.75) is 20.4 Å². The van der Waals surface area contributed by atoms with Gasteiger partial charge in [-0.1, -0.05) is 11.6 Å². The van der Waals surface area contributed by atoms with E-state index in [1.54, 1.807) is 12.1 Å². The summed E-state index contributed by atoms with van der Waals surface area (Å²) in [7, 11) is 0. The van der Waals surface area contributed by atoms with Crippen molar-refractivity contribution in [1.82, 2.24) is 14.8 Å². The average Bonchev–Trinajstić information content (AvgIpc) is 2.51. The number of aryl methyl sites for hydroxylation is 2. The Morgan fingerprint density at radius 1 is 1.38 bits per heavy atom. The summed E-state index contributed by atoms with van der Waals surface area (Å²) in [5.74, 6) is 1.63. The highest BCUT2D eigenvalue weighted by Crippen LogP contribution is 2.19. The SMILES string of the molecule is Cc1nc(C)n(Cc2cc(Cl)ccc2N)n1. The van der Waals surface area contributed by atoms with Gasteiger partial charge in [0.05, 0.1) is 6.54 Å². The molecule has 0 saturated carbocycles. The number of aromatic nitrogens is 3. The van der Waals surface area contributed by atoms with Gasteiger partial charge in [-0.05, 0) is 37.6 Å². The van der Waals surface area contributed by atoms with Crippen LogP contribution in [0.4, 0.5) is 5.69 Å². The van der Waals surface area contributed by atoms with E-state index in [4.69, 9.17) is 17.3 Å². The molecule has 2 N–H and O–H groups in total. The summed E-state index contributed by atoms with van der Waals surface area (Å²) in [5, 5.41) is 4.96. The van der Waals surface area contributed by atoms with Crippen LogP contribution in [0.5, 0.6) is 0 Å². The maximum absolute atomic E-state index is 5.93. The Hall–Kier alpha value is -1.55. The molecule has 5 heteroatoms. The van der Waals surface area contributed by atoms with Crippen molar-refractivity contribution < 1.29 is 0 Å². The van der Waals surface area contributed by atoms with E-state index in [-0.39, 0.29) is 0 Å². The molecule has 4 nitrogen and oxygen atoms in total. The molecule has 0 aliphatic rings. The van der Waals surface area contributed by atoms with Crippen LogP contribution >= 0.6 is 11.6 Å². The lowest BCUT2D eigenvalue weighted by molar-refractivity contribution is 0.657. The summed E-state index contributed by atoms with van der Waals surface area (Å²) in [5.41, 5.74) is 7.55. The van der Waals surface area contributed by atoms with Gasteiger partial charge in [-0.15, -0.1) is 0 Å². The Morgan fingerprint density at radius 2 is 2.12 bits per heavy atom. The van der Waals surface area contributed by atoms with Crippen LogP contribution in [0.25, 0.3) is 0 Å². The lowest BCUT2D eigenvalue weighted by Crippen LogP contribution is -2.06. The van der Waals surface area contributed by atoms with E-state index >= 15 is 0 Å². The zero-order chi connectivity index (χ0) is 11.7. The van der Waals surface area contributed by atoms with Crippen molar-refractivity contribution in [3.05, 3.63) is 40.4 Å². The van der Waals surface area contributed by atoms with E-state index in [2.05, 4.69) is 10.1 Å². The molecule has 1 aromatic carbocycles. The van der Waals surface area contributed by atoms with Gasteiger partial charge >= 0.3 is 0 Å². The molecule has 0 radical (unpaired) electrons. The molecule has 0 bridgehead atoms. The molecule has 2 rings (SSSR count). The monoisotopic (exact) mass is 236 g/mol. The van der Waals surface area contributed by atoms with Crippen molar-refractivity contribution >= 4 is 17.3 Å². The van der Waals surface area contributed by atoms with Crippen molar-refractivity contribution in [3.8, 4) is 0 Å². The summed E-state index contributed by atoms with van der Waals surface area (Å²) in [4.78, 5) is 4.24. The molecule has 0 amide bonds. The predicted molar refractivity (Wildman–Crippen MR) is 64.5 cm³/mol. The van der Waals surface area contributed by atoms with E-state index in [9.17, 15) is 0 Å². The fourth-order valence-electron chi connectivity index (χ4n) is 1.58. The molecule has 0 aliphatic heterocycles. The third-order valence-electron chi connectivity index (χ3n) is 2.39. The van der Waals surface area contributed by atoms with Crippen molar-refractivity contribution in [2.75, 3.05) is 5.73 Å². The van der Waals surface area contributed by atoms with E-state index in [0.29, 0.717) is 11.6 Å². The third-order valence-corrected chi connectivity index (χ3v) is 2.62. The number of nitrogens with zero attached hydrogens (tertiary/aromatic N) is 3. The Bertz CT molecular complexity index is 519. The minimum atomic E-state index is 0.596. The van der Waals surface area contributed by atoms with E-state index in [1.165, 1.54) is 0 Å². The first kappa shape index (κ1) is 11.0. The Morgan fingerprint density at radius 3 is 2.75 bits per heavy atom. The van der Waals surface area contributed by atoms with Crippen molar-refractivity contribution in [1.29, 1.82) is 0 Å². The fraction of sp³-hybridized carbons (Fsp3) is 0.273. The van der Waals surface area contributed by atoms with Crippen LogP contribution in [-0.4, -0.2) is 14.8 Å². The zero-order valence-corrected chi connectivity index (χ0v) is 9.99. The maximum Gasteiger partial charge on any atom is 0.147 e. The number of hydrogen-bond donors (Lipinski definition) is 1. The van der Waals surface area contributed by atoms with Crippen LogP contribution in [0, 0.1) is 13.8 Å². The molecule has 16 heavy (non-hydrogen) atoms. The van der Waals surface area contributed by atoms with Gasteiger partial charge in [-0.2, -0.15) is 5.10 Å². The molecule has 0 aliphatic carbocycles. The minimum absolute atomic E-state index is 0.596. The molecular weight excluding hydrogens is 224 g/mol. The lowest BCUT2D eigenvalue weighted by atomic mass is 10.2. The Balaban J connectivity index is 2.33. The first-order valence-electron chi connectivity index (χ1n) is 4.98. The maximum atomic E-state index is 5.93. The lowest BCUT2D eigenvalue weighted by Gasteiger charge is -2.07. The standard InChI is InChI=1S/C11H13ClN4/c1-7-14-8(2)16(15-7)6-9-5-10(12)3-4-11(9)13/h3-5H,6,13H2,1-2H3. The molecule has 1 aromatic heterocycles. The first-order chi connectivity index (χ1) is 7.56. The number of nitrogen functional groups attached to an aromatic ring is 1. The number of nitrogens with two attached hydrogens (primary N) is 1. The molecule has 0 saturated heterocycles. The van der Waals surface area contributed by atoms with Crippen LogP contribution in [-0.2, 0) is 6.54 Å². The second kappa shape index (κ2) is 4.14. The van der Waals surface area contributed by atoms with Crippen LogP contribution < -0.4 is 5.73 Å². The third kappa shape index (κ3) is 2.17. The van der Waals surface area contributed by atoms with Gasteiger partial charge in [-0.25, -0.2) is 9.67 Å². The minimum Gasteiger partial charge on any atom is -0.398 e. The van der Waals surface area contributed by atoms with Crippen LogP contribution in [0.1, 0.15) is 17.2 Å². The van der Waals surface area contributed by atoms with Gasteiger partial charge in [-0.3, -0.25) is 0 Å². The van der Waals surface area contributed by atoms with Gasteiger partial charge in [0, 0.05) is 10.7 Å². The fourth-order valence-corrected chi connectivity index (χ4v) is 1.78. The normalized spacial score (nSPS) is 10.7. The quantitative estimate of drug-likeness (QED) is 0.814. The molecule has 2 aromatic rings. The highest BCUT2D eigenvalue weighted by molar-refractivity contribution is 6.30. The average molecular weight is 237 g/mol. The number of benzene rings is 1. The van der Waals surface area contributed by atoms with Gasteiger partial charge in [0.1, 0.15) is 11.6 Å². The van der Waals surface area contributed by atoms with Crippen LogP contribution in [0.15, 0.2) is 18.2 Å². The summed E-state index contributed by atoms with van der Waals surface area (Å²) in [6.45, 7) is 4.38. The molecule has 1 heterocycles. The van der Waals surface area contributed by atoms with E-state index in [0.717, 1.165) is 22.9 Å². The summed E-state index contributed by atoms with van der Waals surface area (Å²) in [6, 6.07) is 5.43. The van der Waals surface area contributed by atoms with Crippen LogP contribution in [0.3, 0.4) is 0 Å². The number of hydrogen-bond acceptors (Lipinski definition) is 3. The largest absolute Gasteiger partial charge is 0.398 e. The molecule has 0 unspecified atom stereocenters. The highest BCUT2D eigenvalue weighted by atomic mass is 35.5. The van der Waals surface area contributed by atoms with Crippen LogP contribution in [0.2, 0.25) is 5.02 Å². The molecule has 0 spiro atoms. The molecule has 0 atom stereocenters. The smallest absolute Gasteiger partial charge is 0.147 e. The van der Waals surface area contributed by atoms with E-state index in [1.807, 2.05) is 24.6 Å². The summed E-state index contributed by atoms with van der Waals surface area (Å²) in [6.07, 6.45) is 0. The van der Waals surface area contributed by atoms with Gasteiger partial charge in [0.15, 0.2) is 0 Å². The summed E-state index contributed by atoms with van der Waals surface area (Å²) < 4.78 is 1.82. The number of anilines is 1. The molecule has 0 fully saturated rings. The van der Waals surface area contributed by atoms with Gasteiger partial charge in [0.25, 0.3) is 0 Å². The number of rotatable bonds is 2. The van der Waals surface area contributed by atoms with Gasteiger partial charge < -0.3 is 5.73 Å². The number of halogens is 1. The van der Waals surface area contributed by atoms with Crippen molar-refractivity contribution in [3.63, 3.8) is 0 Å². The van der Waals surface area contributed by atoms with Gasteiger partial charge in [0.2, 0.25) is 0 Å². The van der Waals surface area contributed by atoms with Crippen molar-refractivity contribution in [2.24, 2.45) is 0 Å². The summed E-state index contributed by atoms with van der Waals surface area (Å²) >= 11 is 5.93. The highest BCUT2D eigenvalue weighted by Gasteiger charge is 2.06.